The molecule has 4 rings (SSSR count). The van der Waals surface area contributed by atoms with Crippen molar-refractivity contribution in [1.29, 1.82) is 0 Å². The zero-order chi connectivity index (χ0) is 11.2. The molecular weight excluding hydrogens is 400 g/mol. The maximum atomic E-state index is 4.46. The van der Waals surface area contributed by atoms with Crippen molar-refractivity contribution in [3.63, 3.8) is 0 Å². The number of hydrogen-bond acceptors (Lipinski definition) is 1. The van der Waals surface area contributed by atoms with Gasteiger partial charge in [-0.25, -0.2) is 4.98 Å². The molecule has 0 bridgehead atoms. The third-order valence-corrected chi connectivity index (χ3v) is 3.26. The number of para-hydroxylation sites is 1. The molecule has 0 aliphatic heterocycles. The summed E-state index contributed by atoms with van der Waals surface area (Å²) in [5, 5.41) is 3.74. The number of rotatable bonds is 0. The quantitative estimate of drug-likeness (QED) is 0.405. The van der Waals surface area contributed by atoms with E-state index in [4.69, 9.17) is 0 Å². The van der Waals surface area contributed by atoms with Crippen LogP contribution in [0.15, 0.2) is 60.9 Å². The first-order valence-electron chi connectivity index (χ1n) is 5.68. The van der Waals surface area contributed by atoms with Gasteiger partial charge in [0.15, 0.2) is 0 Å². The molecule has 0 saturated carbocycles. The summed E-state index contributed by atoms with van der Waals surface area (Å²) >= 11 is 0. The second kappa shape index (κ2) is 4.20. The molecule has 0 saturated heterocycles. The van der Waals surface area contributed by atoms with E-state index in [1.807, 2.05) is 12.4 Å². The van der Waals surface area contributed by atoms with Gasteiger partial charge in [0, 0.05) is 43.3 Å². The summed E-state index contributed by atoms with van der Waals surface area (Å²) in [6.45, 7) is 0. The fraction of sp³-hybridized carbons (Fsp3) is 0. The molecule has 0 aliphatic carbocycles. The second-order valence-corrected chi connectivity index (χ2v) is 4.18. The van der Waals surface area contributed by atoms with Crippen molar-refractivity contribution < 1.29 is 20.1 Å². The van der Waals surface area contributed by atoms with Gasteiger partial charge in [-0.1, -0.05) is 42.5 Å². The normalized spacial score (nSPS) is 10.9. The molecular formula is C15H10IrN2. The number of nitrogens with zero attached hydrogens (tertiary/aromatic N) is 2. The first-order valence-corrected chi connectivity index (χ1v) is 5.68. The number of pyridine rings is 1. The Morgan fingerprint density at radius 3 is 2.28 bits per heavy atom. The molecule has 0 fully saturated rings. The molecule has 1 radical (unpaired) electrons. The molecule has 18 heavy (non-hydrogen) atoms. The van der Waals surface area contributed by atoms with Gasteiger partial charge in [0.1, 0.15) is 5.65 Å². The second-order valence-electron chi connectivity index (χ2n) is 4.18. The average Bonchev–Trinajstić information content (AvgIpc) is 2.89. The summed E-state index contributed by atoms with van der Waals surface area (Å²) in [5.41, 5.74) is 2.23. The van der Waals surface area contributed by atoms with Crippen LogP contribution in [-0.4, -0.2) is 9.38 Å². The Labute approximate surface area is 118 Å². The molecule has 3 heteroatoms. The largest absolute Gasteiger partial charge is 0.299 e. The van der Waals surface area contributed by atoms with Crippen molar-refractivity contribution in [2.75, 3.05) is 0 Å². The number of benzene rings is 2. The van der Waals surface area contributed by atoms with Gasteiger partial charge in [-0.2, -0.15) is 0 Å². The van der Waals surface area contributed by atoms with Crippen LogP contribution >= 0.6 is 0 Å². The Hall–Kier alpha value is -1.70. The van der Waals surface area contributed by atoms with Crippen LogP contribution in [0.1, 0.15) is 0 Å². The molecule has 0 aliphatic rings. The number of fused-ring (bicyclic) bond motifs is 6. The van der Waals surface area contributed by atoms with E-state index in [-0.39, 0.29) is 20.1 Å². The van der Waals surface area contributed by atoms with Crippen LogP contribution in [0.3, 0.4) is 0 Å². The van der Waals surface area contributed by atoms with Gasteiger partial charge in [-0.15, -0.1) is 0 Å². The Balaban J connectivity index is 0.000001000. The summed E-state index contributed by atoms with van der Waals surface area (Å²) in [4.78, 5) is 4.46. The van der Waals surface area contributed by atoms with Crippen molar-refractivity contribution >= 4 is 27.3 Å². The van der Waals surface area contributed by atoms with E-state index in [1.54, 1.807) is 0 Å². The maximum absolute atomic E-state index is 4.46. The monoisotopic (exact) mass is 411 g/mol. The van der Waals surface area contributed by atoms with Gasteiger partial charge >= 0.3 is 0 Å². The van der Waals surface area contributed by atoms with Gasteiger partial charge in [-0.3, -0.25) is 4.40 Å². The van der Waals surface area contributed by atoms with Crippen molar-refractivity contribution in [3.8, 4) is 0 Å². The van der Waals surface area contributed by atoms with E-state index < -0.39 is 0 Å². The van der Waals surface area contributed by atoms with Crippen molar-refractivity contribution in [3.05, 3.63) is 60.9 Å². The first-order chi connectivity index (χ1) is 8.45. The van der Waals surface area contributed by atoms with Crippen LogP contribution < -0.4 is 0 Å². The zero-order valence-electron chi connectivity index (χ0n) is 9.50. The summed E-state index contributed by atoms with van der Waals surface area (Å²) < 4.78 is 2.15. The fourth-order valence-corrected chi connectivity index (χ4v) is 2.52. The van der Waals surface area contributed by atoms with Crippen molar-refractivity contribution in [1.82, 2.24) is 9.38 Å². The van der Waals surface area contributed by atoms with Crippen LogP contribution in [0.2, 0.25) is 0 Å². The molecule has 0 amide bonds. The molecule has 2 aromatic carbocycles. The zero-order valence-corrected chi connectivity index (χ0v) is 11.9. The van der Waals surface area contributed by atoms with Crippen LogP contribution in [0.5, 0.6) is 0 Å². The smallest absolute Gasteiger partial charge is 0.145 e. The van der Waals surface area contributed by atoms with Crippen LogP contribution in [-0.2, 0) is 20.1 Å². The number of aromatic nitrogens is 2. The standard InChI is InChI=1S/C15H10N2.Ir/c1-2-7-13-11(5-1)12-6-3-4-8-14(12)17-10-9-16-15(13)17;/h1-10H;. The number of imidazole rings is 1. The molecule has 0 N–H and O–H groups in total. The Kier molecular flexibility index (Phi) is 2.66. The predicted molar refractivity (Wildman–Crippen MR) is 70.2 cm³/mol. The van der Waals surface area contributed by atoms with Gasteiger partial charge in [0.2, 0.25) is 0 Å². The summed E-state index contributed by atoms with van der Waals surface area (Å²) in [6, 6.07) is 16.9. The molecule has 0 spiro atoms. The van der Waals surface area contributed by atoms with Gasteiger partial charge in [0.25, 0.3) is 0 Å². The minimum Gasteiger partial charge on any atom is -0.299 e. The number of hydrogen-bond donors (Lipinski definition) is 0. The summed E-state index contributed by atoms with van der Waals surface area (Å²) in [7, 11) is 0. The molecule has 0 atom stereocenters. The van der Waals surface area contributed by atoms with Crippen molar-refractivity contribution in [2.24, 2.45) is 0 Å². The average molecular weight is 410 g/mol. The van der Waals surface area contributed by atoms with E-state index in [1.165, 1.54) is 21.7 Å². The van der Waals surface area contributed by atoms with E-state index in [9.17, 15) is 0 Å². The Morgan fingerprint density at radius 1 is 0.778 bits per heavy atom. The van der Waals surface area contributed by atoms with E-state index in [0.29, 0.717) is 0 Å². The summed E-state index contributed by atoms with van der Waals surface area (Å²) in [5.74, 6) is 0. The predicted octanol–water partition coefficient (Wildman–Crippen LogP) is 3.64. The van der Waals surface area contributed by atoms with E-state index in [2.05, 4.69) is 57.9 Å². The van der Waals surface area contributed by atoms with Gasteiger partial charge in [0.05, 0.1) is 5.52 Å². The SMILES string of the molecule is [Ir].c1ccc2c(c1)c1ccccc1n1ccnc21. The first kappa shape index (κ1) is 11.4. The summed E-state index contributed by atoms with van der Waals surface area (Å²) in [6.07, 6.45) is 3.87. The molecule has 89 valence electrons. The molecule has 2 nitrogen and oxygen atoms in total. The van der Waals surface area contributed by atoms with Crippen molar-refractivity contribution in [2.45, 2.75) is 0 Å². The molecule has 2 heterocycles. The minimum atomic E-state index is 0. The van der Waals surface area contributed by atoms with Gasteiger partial charge < -0.3 is 0 Å². The third kappa shape index (κ3) is 1.41. The van der Waals surface area contributed by atoms with Crippen LogP contribution in [0.4, 0.5) is 0 Å². The Bertz CT molecular complexity index is 779. The Morgan fingerprint density at radius 2 is 1.44 bits per heavy atom. The molecule has 2 aromatic heterocycles. The third-order valence-electron chi connectivity index (χ3n) is 3.26. The topological polar surface area (TPSA) is 17.3 Å². The maximum Gasteiger partial charge on any atom is 0.145 e. The van der Waals surface area contributed by atoms with E-state index >= 15 is 0 Å². The molecule has 0 unspecified atom stereocenters. The molecule has 4 aromatic rings. The van der Waals surface area contributed by atoms with Gasteiger partial charge in [-0.05, 0) is 11.5 Å². The minimum absolute atomic E-state index is 0. The van der Waals surface area contributed by atoms with Crippen LogP contribution in [0.25, 0.3) is 27.3 Å². The van der Waals surface area contributed by atoms with E-state index in [0.717, 1.165) is 5.65 Å². The fourth-order valence-electron chi connectivity index (χ4n) is 2.52. The van der Waals surface area contributed by atoms with Crippen LogP contribution in [0, 0.1) is 0 Å².